The molecule has 0 saturated carbocycles. The van der Waals surface area contributed by atoms with Crippen molar-refractivity contribution in [3.05, 3.63) is 59.2 Å². The molecule has 0 aliphatic heterocycles. The molecule has 0 radical (unpaired) electrons. The fourth-order valence-electron chi connectivity index (χ4n) is 2.16. The Morgan fingerprint density at radius 2 is 1.67 bits per heavy atom. The zero-order valence-electron chi connectivity index (χ0n) is 11.7. The van der Waals surface area contributed by atoms with Crippen molar-refractivity contribution in [2.75, 3.05) is 14.2 Å². The van der Waals surface area contributed by atoms with Crippen molar-refractivity contribution >= 4 is 0 Å². The summed E-state index contributed by atoms with van der Waals surface area (Å²) in [4.78, 5) is 0. The van der Waals surface area contributed by atoms with E-state index >= 15 is 0 Å². The molecule has 1 unspecified atom stereocenters. The minimum absolute atomic E-state index is 0.360. The smallest absolute Gasteiger partial charge is 0.127 e. The minimum atomic E-state index is -0.669. The van der Waals surface area contributed by atoms with Gasteiger partial charge in [0.1, 0.15) is 23.1 Å². The van der Waals surface area contributed by atoms with E-state index in [1.165, 1.54) is 26.4 Å². The van der Waals surface area contributed by atoms with E-state index in [9.17, 15) is 8.78 Å². The van der Waals surface area contributed by atoms with Crippen molar-refractivity contribution < 1.29 is 18.3 Å². The van der Waals surface area contributed by atoms with Crippen molar-refractivity contribution in [3.63, 3.8) is 0 Å². The van der Waals surface area contributed by atoms with Crippen LogP contribution in [0.2, 0.25) is 0 Å². The lowest BCUT2D eigenvalue weighted by molar-refractivity contribution is 0.387. The van der Waals surface area contributed by atoms with Gasteiger partial charge in [0.15, 0.2) is 0 Å². The number of ether oxygens (including phenoxy) is 2. The van der Waals surface area contributed by atoms with E-state index in [1.54, 1.807) is 18.2 Å². The first-order chi connectivity index (χ1) is 10.1. The lowest BCUT2D eigenvalue weighted by atomic mass is 9.98. The molecule has 2 aromatic rings. The molecule has 0 aliphatic rings. The second-order valence-electron chi connectivity index (χ2n) is 4.41. The molecule has 0 amide bonds. The zero-order chi connectivity index (χ0) is 15.4. The maximum Gasteiger partial charge on any atom is 0.127 e. The standard InChI is InChI=1S/C15H16F2N2O2/c1-20-12-3-4-13(14(8-12)21-2)15(19-18)9-5-10(16)7-11(17)6-9/h3-8,15,19H,18H2,1-2H3. The molecule has 21 heavy (non-hydrogen) atoms. The van der Waals surface area contributed by atoms with Gasteiger partial charge in [-0.15, -0.1) is 0 Å². The van der Waals surface area contributed by atoms with Gasteiger partial charge in [0.05, 0.1) is 20.3 Å². The molecule has 112 valence electrons. The molecule has 1 atom stereocenters. The van der Waals surface area contributed by atoms with Gasteiger partial charge in [-0.05, 0) is 29.8 Å². The molecule has 3 N–H and O–H groups in total. The van der Waals surface area contributed by atoms with Crippen LogP contribution in [0.5, 0.6) is 11.5 Å². The molecule has 0 fully saturated rings. The highest BCUT2D eigenvalue weighted by Crippen LogP contribution is 2.33. The van der Waals surface area contributed by atoms with E-state index in [2.05, 4.69) is 5.43 Å². The number of rotatable bonds is 5. The second kappa shape index (κ2) is 6.51. The molecule has 0 spiro atoms. The van der Waals surface area contributed by atoms with Gasteiger partial charge < -0.3 is 9.47 Å². The first-order valence-corrected chi connectivity index (χ1v) is 6.23. The predicted octanol–water partition coefficient (Wildman–Crippen LogP) is 2.53. The predicted molar refractivity (Wildman–Crippen MR) is 75.1 cm³/mol. The molecule has 0 aliphatic carbocycles. The van der Waals surface area contributed by atoms with Crippen molar-refractivity contribution in [3.8, 4) is 11.5 Å². The summed E-state index contributed by atoms with van der Waals surface area (Å²) in [5.74, 6) is 5.32. The Bertz CT molecular complexity index is 615. The minimum Gasteiger partial charge on any atom is -0.497 e. The van der Waals surface area contributed by atoms with E-state index in [0.717, 1.165) is 6.07 Å². The fourth-order valence-corrected chi connectivity index (χ4v) is 2.16. The van der Waals surface area contributed by atoms with Crippen LogP contribution in [0.25, 0.3) is 0 Å². The number of nitrogens with two attached hydrogens (primary N) is 1. The third-order valence-electron chi connectivity index (χ3n) is 3.14. The van der Waals surface area contributed by atoms with Crippen LogP contribution in [-0.2, 0) is 0 Å². The van der Waals surface area contributed by atoms with Crippen LogP contribution in [0.3, 0.4) is 0 Å². The van der Waals surface area contributed by atoms with Crippen molar-refractivity contribution in [1.82, 2.24) is 5.43 Å². The van der Waals surface area contributed by atoms with Crippen molar-refractivity contribution in [2.24, 2.45) is 5.84 Å². The van der Waals surface area contributed by atoms with E-state index in [4.69, 9.17) is 15.3 Å². The van der Waals surface area contributed by atoms with Crippen LogP contribution in [0, 0.1) is 11.6 Å². The largest absolute Gasteiger partial charge is 0.497 e. The summed E-state index contributed by atoms with van der Waals surface area (Å²) in [5.41, 5.74) is 3.55. The number of halogens is 2. The Kier molecular flexibility index (Phi) is 4.72. The molecule has 2 rings (SSSR count). The quantitative estimate of drug-likeness (QED) is 0.657. The lowest BCUT2D eigenvalue weighted by Crippen LogP contribution is -2.29. The maximum atomic E-state index is 13.4. The Labute approximate surface area is 121 Å². The third kappa shape index (κ3) is 3.29. The summed E-state index contributed by atoms with van der Waals surface area (Å²) in [6, 6.07) is 7.76. The highest BCUT2D eigenvalue weighted by molar-refractivity contribution is 5.46. The van der Waals surface area contributed by atoms with Gasteiger partial charge in [0.25, 0.3) is 0 Å². The number of hydrazine groups is 1. The average Bonchev–Trinajstić information content (AvgIpc) is 2.47. The van der Waals surface area contributed by atoms with Crippen molar-refractivity contribution in [1.29, 1.82) is 0 Å². The summed E-state index contributed by atoms with van der Waals surface area (Å²) in [5, 5.41) is 0. The Hall–Kier alpha value is -2.18. The third-order valence-corrected chi connectivity index (χ3v) is 3.14. The number of benzene rings is 2. The lowest BCUT2D eigenvalue weighted by Gasteiger charge is -2.20. The van der Waals surface area contributed by atoms with Gasteiger partial charge in [-0.25, -0.2) is 14.2 Å². The number of hydrogen-bond acceptors (Lipinski definition) is 4. The average molecular weight is 294 g/mol. The highest BCUT2D eigenvalue weighted by Gasteiger charge is 2.19. The van der Waals surface area contributed by atoms with Gasteiger partial charge >= 0.3 is 0 Å². The summed E-state index contributed by atoms with van der Waals surface area (Å²) >= 11 is 0. The molecule has 0 saturated heterocycles. The molecule has 0 heterocycles. The Morgan fingerprint density at radius 3 is 2.19 bits per heavy atom. The van der Waals surface area contributed by atoms with E-state index < -0.39 is 17.7 Å². The fraction of sp³-hybridized carbons (Fsp3) is 0.200. The maximum absolute atomic E-state index is 13.4. The Balaban J connectivity index is 2.50. The molecule has 2 aromatic carbocycles. The number of methoxy groups -OCH3 is 2. The topological polar surface area (TPSA) is 56.5 Å². The van der Waals surface area contributed by atoms with Crippen LogP contribution >= 0.6 is 0 Å². The molecule has 0 aromatic heterocycles. The summed E-state index contributed by atoms with van der Waals surface area (Å²) < 4.78 is 37.2. The number of nitrogens with one attached hydrogen (secondary N) is 1. The van der Waals surface area contributed by atoms with Crippen LogP contribution in [0.1, 0.15) is 17.2 Å². The van der Waals surface area contributed by atoms with Crippen molar-refractivity contribution in [2.45, 2.75) is 6.04 Å². The van der Waals surface area contributed by atoms with Gasteiger partial charge in [0, 0.05) is 17.7 Å². The van der Waals surface area contributed by atoms with Crippen LogP contribution in [-0.4, -0.2) is 14.2 Å². The first-order valence-electron chi connectivity index (χ1n) is 6.23. The van der Waals surface area contributed by atoms with Crippen LogP contribution in [0.4, 0.5) is 8.78 Å². The van der Waals surface area contributed by atoms with Gasteiger partial charge in [-0.3, -0.25) is 5.84 Å². The highest BCUT2D eigenvalue weighted by atomic mass is 19.1. The molecule has 6 heteroatoms. The Morgan fingerprint density at radius 1 is 1.00 bits per heavy atom. The van der Waals surface area contributed by atoms with Crippen LogP contribution in [0.15, 0.2) is 36.4 Å². The molecule has 0 bridgehead atoms. The van der Waals surface area contributed by atoms with E-state index in [1.807, 2.05) is 0 Å². The summed E-state index contributed by atoms with van der Waals surface area (Å²) in [6.45, 7) is 0. The van der Waals surface area contributed by atoms with Gasteiger partial charge in [0.2, 0.25) is 0 Å². The monoisotopic (exact) mass is 294 g/mol. The first kappa shape index (κ1) is 15.2. The summed E-state index contributed by atoms with van der Waals surface area (Å²) in [7, 11) is 3.03. The molecule has 4 nitrogen and oxygen atoms in total. The van der Waals surface area contributed by atoms with E-state index in [-0.39, 0.29) is 0 Å². The summed E-state index contributed by atoms with van der Waals surface area (Å²) in [6.07, 6.45) is 0. The van der Waals surface area contributed by atoms with Gasteiger partial charge in [-0.1, -0.05) is 0 Å². The normalized spacial score (nSPS) is 12.0. The zero-order valence-corrected chi connectivity index (χ0v) is 11.7. The van der Waals surface area contributed by atoms with Crippen LogP contribution < -0.4 is 20.7 Å². The van der Waals surface area contributed by atoms with Gasteiger partial charge in [-0.2, -0.15) is 0 Å². The molecular formula is C15H16F2N2O2. The van der Waals surface area contributed by atoms with E-state index in [0.29, 0.717) is 22.6 Å². The number of hydrogen-bond donors (Lipinski definition) is 2. The molecular weight excluding hydrogens is 278 g/mol. The SMILES string of the molecule is COc1ccc(C(NN)c2cc(F)cc(F)c2)c(OC)c1. The second-order valence-corrected chi connectivity index (χ2v) is 4.41.